The van der Waals surface area contributed by atoms with Gasteiger partial charge >= 0.3 is 0 Å². The molecule has 2 rings (SSSR count). The Hall–Kier alpha value is -1.15. The smallest absolute Gasteiger partial charge is 0.106 e. The third kappa shape index (κ3) is 2.45. The van der Waals surface area contributed by atoms with Crippen molar-refractivity contribution >= 4 is 15.9 Å². The number of hydrogen-bond donors (Lipinski definition) is 0. The van der Waals surface area contributed by atoms with E-state index in [1.807, 2.05) is 12.3 Å². The van der Waals surface area contributed by atoms with Gasteiger partial charge in [0, 0.05) is 11.8 Å². The van der Waals surface area contributed by atoms with Gasteiger partial charge in [-0.1, -0.05) is 35.4 Å². The first kappa shape index (κ1) is 10.4. The Balaban J connectivity index is 2.49. The Labute approximate surface area is 98.3 Å². The predicted molar refractivity (Wildman–Crippen MR) is 66.8 cm³/mol. The first-order valence-electron chi connectivity index (χ1n) is 4.85. The van der Waals surface area contributed by atoms with E-state index in [9.17, 15) is 0 Å². The van der Waals surface area contributed by atoms with E-state index >= 15 is 0 Å². The third-order valence-corrected chi connectivity index (χ3v) is 2.75. The Bertz CT molecular complexity index is 454. The summed E-state index contributed by atoms with van der Waals surface area (Å²) in [6, 6.07) is 10.6. The Kier molecular flexibility index (Phi) is 2.87. The van der Waals surface area contributed by atoms with Gasteiger partial charge in [0.1, 0.15) is 4.60 Å². The van der Waals surface area contributed by atoms with Crippen LogP contribution in [0.4, 0.5) is 0 Å². The highest BCUT2D eigenvalue weighted by Gasteiger charge is 1.99. The van der Waals surface area contributed by atoms with Crippen molar-refractivity contribution in [3.63, 3.8) is 0 Å². The molecule has 1 nitrogen and oxygen atoms in total. The lowest BCUT2D eigenvalue weighted by Gasteiger charge is -2.04. The summed E-state index contributed by atoms with van der Waals surface area (Å²) in [7, 11) is 0. The molecule has 0 saturated heterocycles. The number of nitrogens with zero attached hydrogens (tertiary/aromatic N) is 1. The molecule has 0 fully saturated rings. The second kappa shape index (κ2) is 4.15. The third-order valence-electron chi connectivity index (χ3n) is 2.28. The van der Waals surface area contributed by atoms with E-state index in [-0.39, 0.29) is 0 Å². The average Bonchev–Trinajstić information content (AvgIpc) is 2.17. The fraction of sp³-hybridized carbons (Fsp3) is 0.154. The largest absolute Gasteiger partial charge is 0.249 e. The number of benzene rings is 1. The van der Waals surface area contributed by atoms with Gasteiger partial charge in [-0.2, -0.15) is 0 Å². The highest BCUT2D eigenvalue weighted by Crippen LogP contribution is 2.22. The van der Waals surface area contributed by atoms with Crippen molar-refractivity contribution in [3.8, 4) is 11.1 Å². The van der Waals surface area contributed by atoms with E-state index in [1.165, 1.54) is 16.7 Å². The number of aryl methyl sites for hydroxylation is 2. The lowest BCUT2D eigenvalue weighted by atomic mass is 10.0. The van der Waals surface area contributed by atoms with Crippen LogP contribution in [0.3, 0.4) is 0 Å². The number of aromatic nitrogens is 1. The molecule has 0 spiro atoms. The second-order valence-corrected chi connectivity index (χ2v) is 4.56. The fourth-order valence-corrected chi connectivity index (χ4v) is 1.92. The van der Waals surface area contributed by atoms with Crippen molar-refractivity contribution < 1.29 is 0 Å². The van der Waals surface area contributed by atoms with E-state index in [0.29, 0.717) is 0 Å². The molecule has 0 N–H and O–H groups in total. The molecule has 0 amide bonds. The first-order chi connectivity index (χ1) is 7.15. The highest BCUT2D eigenvalue weighted by atomic mass is 79.9. The maximum atomic E-state index is 4.23. The minimum absolute atomic E-state index is 0.871. The Morgan fingerprint density at radius 1 is 0.933 bits per heavy atom. The lowest BCUT2D eigenvalue weighted by molar-refractivity contribution is 1.27. The Morgan fingerprint density at radius 2 is 1.60 bits per heavy atom. The maximum Gasteiger partial charge on any atom is 0.106 e. The summed E-state index contributed by atoms with van der Waals surface area (Å²) >= 11 is 3.34. The van der Waals surface area contributed by atoms with Crippen molar-refractivity contribution in [2.24, 2.45) is 0 Å². The summed E-state index contributed by atoms with van der Waals surface area (Å²) in [6.45, 7) is 4.23. The molecule has 0 aliphatic carbocycles. The van der Waals surface area contributed by atoms with Crippen molar-refractivity contribution in [1.82, 2.24) is 4.98 Å². The molecule has 0 aliphatic heterocycles. The summed E-state index contributed by atoms with van der Waals surface area (Å²) in [5.74, 6) is 0. The second-order valence-electron chi connectivity index (χ2n) is 3.75. The van der Waals surface area contributed by atoms with Crippen LogP contribution in [0.5, 0.6) is 0 Å². The van der Waals surface area contributed by atoms with Crippen LogP contribution in [-0.4, -0.2) is 4.98 Å². The van der Waals surface area contributed by atoms with Crippen LogP contribution >= 0.6 is 15.9 Å². The molecule has 0 bridgehead atoms. The Morgan fingerprint density at radius 3 is 2.13 bits per heavy atom. The quantitative estimate of drug-likeness (QED) is 0.704. The van der Waals surface area contributed by atoms with Gasteiger partial charge in [-0.25, -0.2) is 4.98 Å². The van der Waals surface area contributed by atoms with Crippen molar-refractivity contribution in [2.45, 2.75) is 13.8 Å². The molecule has 2 heteroatoms. The van der Waals surface area contributed by atoms with E-state index in [4.69, 9.17) is 0 Å². The molecule has 1 aromatic heterocycles. The standard InChI is InChI=1S/C13H12BrN/c1-9-5-10(2)7-12(6-9)11-3-4-13(14)15-8-11/h3-8H,1-2H3. The molecule has 0 saturated carbocycles. The van der Waals surface area contributed by atoms with Crippen molar-refractivity contribution in [3.05, 3.63) is 52.3 Å². The van der Waals surface area contributed by atoms with Gasteiger partial charge in [0.15, 0.2) is 0 Å². The minimum Gasteiger partial charge on any atom is -0.249 e. The number of halogens is 1. The monoisotopic (exact) mass is 261 g/mol. The normalized spacial score (nSPS) is 10.3. The maximum absolute atomic E-state index is 4.23. The number of hydrogen-bond acceptors (Lipinski definition) is 1. The van der Waals surface area contributed by atoms with E-state index in [1.54, 1.807) is 0 Å². The summed E-state index contributed by atoms with van der Waals surface area (Å²) in [4.78, 5) is 4.23. The van der Waals surface area contributed by atoms with Crippen LogP contribution in [0.2, 0.25) is 0 Å². The van der Waals surface area contributed by atoms with E-state index in [0.717, 1.165) is 10.2 Å². The molecule has 76 valence electrons. The van der Waals surface area contributed by atoms with Gasteiger partial charge in [-0.3, -0.25) is 0 Å². The lowest BCUT2D eigenvalue weighted by Crippen LogP contribution is -1.84. The topological polar surface area (TPSA) is 12.9 Å². The predicted octanol–water partition coefficient (Wildman–Crippen LogP) is 4.13. The van der Waals surface area contributed by atoms with Crippen LogP contribution in [0.25, 0.3) is 11.1 Å². The van der Waals surface area contributed by atoms with Crippen molar-refractivity contribution in [2.75, 3.05) is 0 Å². The number of pyridine rings is 1. The SMILES string of the molecule is Cc1cc(C)cc(-c2ccc(Br)nc2)c1. The van der Waals surface area contributed by atoms with Crippen LogP contribution in [-0.2, 0) is 0 Å². The molecular weight excluding hydrogens is 250 g/mol. The van der Waals surface area contributed by atoms with Crippen LogP contribution < -0.4 is 0 Å². The van der Waals surface area contributed by atoms with Crippen LogP contribution in [0.1, 0.15) is 11.1 Å². The van der Waals surface area contributed by atoms with Crippen LogP contribution in [0, 0.1) is 13.8 Å². The molecule has 0 aliphatic rings. The minimum atomic E-state index is 0.871. The van der Waals surface area contributed by atoms with Gasteiger partial charge in [-0.05, 0) is 41.4 Å². The zero-order valence-electron chi connectivity index (χ0n) is 8.79. The summed E-state index contributed by atoms with van der Waals surface area (Å²) < 4.78 is 0.871. The average molecular weight is 262 g/mol. The highest BCUT2D eigenvalue weighted by molar-refractivity contribution is 9.10. The summed E-state index contributed by atoms with van der Waals surface area (Å²) in [5.41, 5.74) is 4.96. The molecule has 0 radical (unpaired) electrons. The molecule has 2 aromatic rings. The van der Waals surface area contributed by atoms with Gasteiger partial charge in [0.25, 0.3) is 0 Å². The summed E-state index contributed by atoms with van der Waals surface area (Å²) in [6.07, 6.45) is 1.89. The molecule has 1 heterocycles. The van der Waals surface area contributed by atoms with Gasteiger partial charge < -0.3 is 0 Å². The molecular formula is C13H12BrN. The van der Waals surface area contributed by atoms with E-state index in [2.05, 4.69) is 59.0 Å². The first-order valence-corrected chi connectivity index (χ1v) is 5.65. The summed E-state index contributed by atoms with van der Waals surface area (Å²) in [5, 5.41) is 0. The molecule has 0 unspecified atom stereocenters. The van der Waals surface area contributed by atoms with Crippen molar-refractivity contribution in [1.29, 1.82) is 0 Å². The zero-order chi connectivity index (χ0) is 10.8. The van der Waals surface area contributed by atoms with Gasteiger partial charge in [-0.15, -0.1) is 0 Å². The fourth-order valence-electron chi connectivity index (χ4n) is 1.69. The zero-order valence-corrected chi connectivity index (χ0v) is 10.4. The van der Waals surface area contributed by atoms with E-state index < -0.39 is 0 Å². The number of rotatable bonds is 1. The molecule has 0 atom stereocenters. The molecule has 1 aromatic carbocycles. The molecule has 15 heavy (non-hydrogen) atoms. The van der Waals surface area contributed by atoms with Crippen LogP contribution in [0.15, 0.2) is 41.1 Å². The van der Waals surface area contributed by atoms with Gasteiger partial charge in [0.05, 0.1) is 0 Å². The van der Waals surface area contributed by atoms with Gasteiger partial charge in [0.2, 0.25) is 0 Å².